The van der Waals surface area contributed by atoms with Gasteiger partial charge in [0.25, 0.3) is 0 Å². The molecule has 0 saturated carbocycles. The van der Waals surface area contributed by atoms with Gasteiger partial charge >= 0.3 is 0 Å². The Morgan fingerprint density at radius 1 is 1.11 bits per heavy atom. The van der Waals surface area contributed by atoms with E-state index < -0.39 is 0 Å². The minimum Gasteiger partial charge on any atom is -0.317 e. The summed E-state index contributed by atoms with van der Waals surface area (Å²) in [5, 5.41) is 3.42. The standard InChI is InChI=1S/C17H28N2/c1-3-15-6-8-16(9-7-15)10-13-19-12-4-5-17(18-2)11-14-19/h6-9,17-18H,3-5,10-14H2,1-2H3. The molecular weight excluding hydrogens is 232 g/mol. The van der Waals surface area contributed by atoms with E-state index in [9.17, 15) is 0 Å². The van der Waals surface area contributed by atoms with Crippen LogP contribution in [0.15, 0.2) is 24.3 Å². The Balaban J connectivity index is 1.77. The topological polar surface area (TPSA) is 15.3 Å². The van der Waals surface area contributed by atoms with E-state index in [1.807, 2.05) is 0 Å². The van der Waals surface area contributed by atoms with Gasteiger partial charge in [-0.05, 0) is 63.4 Å². The molecule has 0 bridgehead atoms. The van der Waals surface area contributed by atoms with E-state index in [4.69, 9.17) is 0 Å². The summed E-state index contributed by atoms with van der Waals surface area (Å²) in [5.41, 5.74) is 2.92. The quantitative estimate of drug-likeness (QED) is 0.876. The molecule has 2 rings (SSSR count). The Hall–Kier alpha value is -0.860. The lowest BCUT2D eigenvalue weighted by Gasteiger charge is -2.20. The molecule has 2 heteroatoms. The minimum absolute atomic E-state index is 0.730. The molecule has 1 N–H and O–H groups in total. The summed E-state index contributed by atoms with van der Waals surface area (Å²) in [7, 11) is 2.09. The van der Waals surface area contributed by atoms with Crippen molar-refractivity contribution in [1.29, 1.82) is 0 Å². The molecule has 0 aliphatic carbocycles. The molecule has 0 aromatic heterocycles. The van der Waals surface area contributed by atoms with Crippen LogP contribution in [0, 0.1) is 0 Å². The molecule has 1 unspecified atom stereocenters. The molecule has 0 radical (unpaired) electrons. The highest BCUT2D eigenvalue weighted by Gasteiger charge is 2.14. The van der Waals surface area contributed by atoms with Crippen LogP contribution >= 0.6 is 0 Å². The average Bonchev–Trinajstić information content (AvgIpc) is 2.70. The van der Waals surface area contributed by atoms with Crippen LogP contribution < -0.4 is 5.32 Å². The van der Waals surface area contributed by atoms with Crippen molar-refractivity contribution in [3.63, 3.8) is 0 Å². The first-order valence-corrected chi connectivity index (χ1v) is 7.79. The first-order chi connectivity index (χ1) is 9.31. The van der Waals surface area contributed by atoms with Crippen molar-refractivity contribution in [3.8, 4) is 0 Å². The van der Waals surface area contributed by atoms with Gasteiger partial charge in [-0.25, -0.2) is 0 Å². The SMILES string of the molecule is CCc1ccc(CCN2CCCC(NC)CC2)cc1. The van der Waals surface area contributed by atoms with Crippen LogP contribution in [0.1, 0.15) is 37.3 Å². The Kier molecular flexibility index (Phi) is 5.87. The summed E-state index contributed by atoms with van der Waals surface area (Å²) < 4.78 is 0. The zero-order chi connectivity index (χ0) is 13.5. The van der Waals surface area contributed by atoms with E-state index in [0.717, 1.165) is 12.5 Å². The highest BCUT2D eigenvalue weighted by Crippen LogP contribution is 2.12. The van der Waals surface area contributed by atoms with Crippen molar-refractivity contribution in [2.75, 3.05) is 26.7 Å². The van der Waals surface area contributed by atoms with Gasteiger partial charge in [0.05, 0.1) is 0 Å². The second kappa shape index (κ2) is 7.66. The predicted molar refractivity (Wildman–Crippen MR) is 82.7 cm³/mol. The van der Waals surface area contributed by atoms with Crippen LogP contribution in [0.25, 0.3) is 0 Å². The first kappa shape index (κ1) is 14.5. The Labute approximate surface area is 118 Å². The molecular formula is C17H28N2. The maximum absolute atomic E-state index is 3.42. The Morgan fingerprint density at radius 2 is 1.84 bits per heavy atom. The van der Waals surface area contributed by atoms with Crippen LogP contribution in [0.5, 0.6) is 0 Å². The van der Waals surface area contributed by atoms with Crippen LogP contribution in [0.2, 0.25) is 0 Å². The van der Waals surface area contributed by atoms with Crippen molar-refractivity contribution < 1.29 is 0 Å². The predicted octanol–water partition coefficient (Wildman–Crippen LogP) is 2.87. The van der Waals surface area contributed by atoms with E-state index in [1.165, 1.54) is 56.4 Å². The number of hydrogen-bond donors (Lipinski definition) is 1. The highest BCUT2D eigenvalue weighted by atomic mass is 15.1. The maximum atomic E-state index is 3.42. The number of rotatable bonds is 5. The number of aryl methyl sites for hydroxylation is 1. The fraction of sp³-hybridized carbons (Fsp3) is 0.647. The summed E-state index contributed by atoms with van der Waals surface area (Å²) in [4.78, 5) is 2.63. The van der Waals surface area contributed by atoms with Crippen molar-refractivity contribution >= 4 is 0 Å². The number of benzene rings is 1. The number of nitrogens with zero attached hydrogens (tertiary/aromatic N) is 1. The number of hydrogen-bond acceptors (Lipinski definition) is 2. The maximum Gasteiger partial charge on any atom is 0.00767 e. The smallest absolute Gasteiger partial charge is 0.00767 e. The van der Waals surface area contributed by atoms with Crippen molar-refractivity contribution in [2.45, 2.75) is 45.1 Å². The van der Waals surface area contributed by atoms with E-state index in [0.29, 0.717) is 0 Å². The summed E-state index contributed by atoms with van der Waals surface area (Å²) in [6.45, 7) is 5.94. The average molecular weight is 260 g/mol. The van der Waals surface area contributed by atoms with Crippen LogP contribution in [0.3, 0.4) is 0 Å². The number of nitrogens with one attached hydrogen (secondary N) is 1. The summed E-state index contributed by atoms with van der Waals surface area (Å²) >= 11 is 0. The fourth-order valence-electron chi connectivity index (χ4n) is 2.90. The minimum atomic E-state index is 0.730. The van der Waals surface area contributed by atoms with Crippen LogP contribution in [0.4, 0.5) is 0 Å². The van der Waals surface area contributed by atoms with Gasteiger partial charge < -0.3 is 10.2 Å². The second-order valence-electron chi connectivity index (χ2n) is 5.68. The lowest BCUT2D eigenvalue weighted by Crippen LogP contribution is -2.29. The third-order valence-electron chi connectivity index (χ3n) is 4.38. The molecule has 2 nitrogen and oxygen atoms in total. The van der Waals surface area contributed by atoms with Crippen LogP contribution in [-0.2, 0) is 12.8 Å². The fourth-order valence-corrected chi connectivity index (χ4v) is 2.90. The van der Waals surface area contributed by atoms with Gasteiger partial charge in [-0.2, -0.15) is 0 Å². The third kappa shape index (κ3) is 4.63. The molecule has 1 saturated heterocycles. The first-order valence-electron chi connectivity index (χ1n) is 7.79. The van der Waals surface area contributed by atoms with E-state index in [2.05, 4.69) is 48.5 Å². The van der Waals surface area contributed by atoms with E-state index >= 15 is 0 Å². The van der Waals surface area contributed by atoms with E-state index in [-0.39, 0.29) is 0 Å². The monoisotopic (exact) mass is 260 g/mol. The molecule has 1 aromatic carbocycles. The molecule has 0 spiro atoms. The lowest BCUT2D eigenvalue weighted by atomic mass is 10.1. The second-order valence-corrected chi connectivity index (χ2v) is 5.68. The van der Waals surface area contributed by atoms with E-state index in [1.54, 1.807) is 0 Å². The molecule has 1 aliphatic rings. The molecule has 1 aromatic rings. The Morgan fingerprint density at radius 3 is 2.53 bits per heavy atom. The van der Waals surface area contributed by atoms with Gasteiger partial charge in [0.15, 0.2) is 0 Å². The van der Waals surface area contributed by atoms with Gasteiger partial charge in [-0.15, -0.1) is 0 Å². The Bertz CT molecular complexity index is 358. The summed E-state index contributed by atoms with van der Waals surface area (Å²) in [6.07, 6.45) is 6.29. The lowest BCUT2D eigenvalue weighted by molar-refractivity contribution is 0.286. The largest absolute Gasteiger partial charge is 0.317 e. The zero-order valence-corrected chi connectivity index (χ0v) is 12.5. The van der Waals surface area contributed by atoms with Gasteiger partial charge in [0, 0.05) is 12.6 Å². The van der Waals surface area contributed by atoms with Crippen LogP contribution in [-0.4, -0.2) is 37.6 Å². The molecule has 1 heterocycles. The normalized spacial score (nSPS) is 21.3. The highest BCUT2D eigenvalue weighted by molar-refractivity contribution is 5.22. The molecule has 106 valence electrons. The summed E-state index contributed by atoms with van der Waals surface area (Å²) in [6, 6.07) is 9.87. The van der Waals surface area contributed by atoms with Gasteiger partial charge in [0.1, 0.15) is 0 Å². The van der Waals surface area contributed by atoms with Crippen molar-refractivity contribution in [3.05, 3.63) is 35.4 Å². The zero-order valence-electron chi connectivity index (χ0n) is 12.5. The van der Waals surface area contributed by atoms with Gasteiger partial charge in [-0.3, -0.25) is 0 Å². The van der Waals surface area contributed by atoms with Gasteiger partial charge in [0.2, 0.25) is 0 Å². The summed E-state index contributed by atoms with van der Waals surface area (Å²) in [5.74, 6) is 0. The third-order valence-corrected chi connectivity index (χ3v) is 4.38. The molecule has 1 aliphatic heterocycles. The molecule has 1 fully saturated rings. The number of likely N-dealkylation sites (tertiary alicyclic amines) is 1. The molecule has 0 amide bonds. The van der Waals surface area contributed by atoms with Crippen molar-refractivity contribution in [2.24, 2.45) is 0 Å². The molecule has 19 heavy (non-hydrogen) atoms. The van der Waals surface area contributed by atoms with Crippen molar-refractivity contribution in [1.82, 2.24) is 10.2 Å². The molecule has 1 atom stereocenters. The van der Waals surface area contributed by atoms with Gasteiger partial charge in [-0.1, -0.05) is 31.2 Å².